The van der Waals surface area contributed by atoms with Crippen molar-refractivity contribution in [3.8, 4) is 5.75 Å². The number of nitrogens with one attached hydrogen (secondary N) is 1. The summed E-state index contributed by atoms with van der Waals surface area (Å²) in [5.74, 6) is 1.52. The Morgan fingerprint density at radius 2 is 2.15 bits per heavy atom. The maximum Gasteiger partial charge on any atom is 0.244 e. The lowest BCUT2D eigenvalue weighted by Crippen LogP contribution is -2.22. The Hall–Kier alpha value is -2.36. The first-order chi connectivity index (χ1) is 12.6. The van der Waals surface area contributed by atoms with Crippen molar-refractivity contribution in [3.63, 3.8) is 0 Å². The van der Waals surface area contributed by atoms with E-state index in [2.05, 4.69) is 29.6 Å². The number of hydrogen-bond donors (Lipinski definition) is 1. The van der Waals surface area contributed by atoms with E-state index >= 15 is 0 Å². The molecule has 0 bridgehead atoms. The normalized spacial score (nSPS) is 27.3. The van der Waals surface area contributed by atoms with Gasteiger partial charge in [-0.2, -0.15) is 5.10 Å². The largest absolute Gasteiger partial charge is 0.493 e. The third kappa shape index (κ3) is 2.87. The van der Waals surface area contributed by atoms with Crippen LogP contribution in [0, 0.1) is 17.3 Å². The van der Waals surface area contributed by atoms with Gasteiger partial charge in [-0.3, -0.25) is 4.79 Å². The SMILES string of the molecule is CCOc1ccc2ccccc2c1/C=N\NC(=O)[C@H]1[C@H]2CCCC[C@@]21C. The number of rotatable bonds is 5. The van der Waals surface area contributed by atoms with Crippen LogP contribution < -0.4 is 10.2 Å². The molecule has 136 valence electrons. The summed E-state index contributed by atoms with van der Waals surface area (Å²) in [6.07, 6.45) is 6.56. The molecule has 2 aliphatic carbocycles. The highest BCUT2D eigenvalue weighted by atomic mass is 16.5. The van der Waals surface area contributed by atoms with Gasteiger partial charge in [0.05, 0.1) is 12.8 Å². The number of fused-ring (bicyclic) bond motifs is 2. The van der Waals surface area contributed by atoms with Gasteiger partial charge >= 0.3 is 0 Å². The van der Waals surface area contributed by atoms with E-state index in [0.29, 0.717) is 12.5 Å². The summed E-state index contributed by atoms with van der Waals surface area (Å²) in [5, 5.41) is 6.48. The fourth-order valence-electron chi connectivity index (χ4n) is 4.77. The maximum atomic E-state index is 12.6. The van der Waals surface area contributed by atoms with Crippen LogP contribution in [0.1, 0.15) is 45.1 Å². The summed E-state index contributed by atoms with van der Waals surface area (Å²) < 4.78 is 5.75. The van der Waals surface area contributed by atoms with Crippen LogP contribution in [0.25, 0.3) is 10.8 Å². The van der Waals surface area contributed by atoms with Gasteiger partial charge in [-0.1, -0.05) is 50.1 Å². The molecule has 2 saturated carbocycles. The van der Waals surface area contributed by atoms with Gasteiger partial charge in [0.2, 0.25) is 5.91 Å². The van der Waals surface area contributed by atoms with Gasteiger partial charge in [-0.25, -0.2) is 5.43 Å². The topological polar surface area (TPSA) is 50.7 Å². The number of hydrazone groups is 1. The molecule has 3 atom stereocenters. The number of benzene rings is 2. The number of hydrogen-bond acceptors (Lipinski definition) is 3. The van der Waals surface area contributed by atoms with Crippen molar-refractivity contribution < 1.29 is 9.53 Å². The first-order valence-corrected chi connectivity index (χ1v) is 9.62. The Morgan fingerprint density at radius 1 is 1.31 bits per heavy atom. The first kappa shape index (κ1) is 17.1. The molecule has 26 heavy (non-hydrogen) atoms. The molecule has 0 radical (unpaired) electrons. The Kier molecular flexibility index (Phi) is 4.43. The maximum absolute atomic E-state index is 12.6. The van der Waals surface area contributed by atoms with Crippen LogP contribution in [0.5, 0.6) is 5.75 Å². The third-order valence-electron chi connectivity index (χ3n) is 6.21. The van der Waals surface area contributed by atoms with E-state index in [9.17, 15) is 4.79 Å². The van der Waals surface area contributed by atoms with E-state index in [4.69, 9.17) is 4.74 Å². The second-order valence-corrected chi connectivity index (χ2v) is 7.70. The van der Waals surface area contributed by atoms with Crippen molar-refractivity contribution in [2.24, 2.45) is 22.4 Å². The standard InChI is InChI=1S/C22H26N2O2/c1-3-26-19-12-11-15-8-4-5-9-16(15)17(19)14-23-24-21(25)20-18-10-6-7-13-22(18,20)2/h4-5,8-9,11-12,14,18,20H,3,6-7,10,13H2,1-2H3,(H,24,25)/b23-14-/t18-,20-,22+/m1/s1. The minimum atomic E-state index is 0.0637. The molecule has 2 aliphatic rings. The molecule has 0 aliphatic heterocycles. The van der Waals surface area contributed by atoms with Crippen LogP contribution in [-0.4, -0.2) is 18.7 Å². The van der Waals surface area contributed by atoms with Gasteiger partial charge in [-0.05, 0) is 47.9 Å². The number of carbonyl (C=O) groups excluding carboxylic acids is 1. The van der Waals surface area contributed by atoms with Crippen LogP contribution in [0.15, 0.2) is 41.5 Å². The second-order valence-electron chi connectivity index (χ2n) is 7.70. The number of carbonyl (C=O) groups is 1. The van der Waals surface area contributed by atoms with Crippen molar-refractivity contribution in [3.05, 3.63) is 42.0 Å². The zero-order valence-corrected chi connectivity index (χ0v) is 15.5. The molecule has 1 amide bonds. The van der Waals surface area contributed by atoms with Crippen LogP contribution in [0.3, 0.4) is 0 Å². The van der Waals surface area contributed by atoms with Crippen LogP contribution in [0.4, 0.5) is 0 Å². The molecule has 4 heteroatoms. The van der Waals surface area contributed by atoms with Crippen molar-refractivity contribution in [1.29, 1.82) is 0 Å². The van der Waals surface area contributed by atoms with Crippen LogP contribution in [-0.2, 0) is 4.79 Å². The highest BCUT2D eigenvalue weighted by Gasteiger charge is 2.64. The predicted octanol–water partition coefficient (Wildman–Crippen LogP) is 4.51. The fourth-order valence-corrected chi connectivity index (χ4v) is 4.77. The van der Waals surface area contributed by atoms with Gasteiger partial charge < -0.3 is 4.74 Å². The fraction of sp³-hybridized carbons (Fsp3) is 0.455. The van der Waals surface area contributed by atoms with Gasteiger partial charge in [-0.15, -0.1) is 0 Å². The molecular formula is C22H26N2O2. The number of amides is 1. The lowest BCUT2D eigenvalue weighted by Gasteiger charge is -2.15. The lowest BCUT2D eigenvalue weighted by molar-refractivity contribution is -0.123. The van der Waals surface area contributed by atoms with Crippen molar-refractivity contribution in [2.45, 2.75) is 39.5 Å². The average Bonchev–Trinajstić information content (AvgIpc) is 3.29. The molecule has 2 fully saturated rings. The molecule has 0 aromatic heterocycles. The van der Waals surface area contributed by atoms with Gasteiger partial charge in [0.1, 0.15) is 5.75 Å². The Balaban J connectivity index is 1.53. The smallest absolute Gasteiger partial charge is 0.244 e. The van der Waals surface area contributed by atoms with E-state index in [0.717, 1.165) is 28.5 Å². The molecule has 2 aromatic carbocycles. The second kappa shape index (κ2) is 6.75. The number of ether oxygens (including phenoxy) is 1. The zero-order chi connectivity index (χ0) is 18.1. The van der Waals surface area contributed by atoms with Crippen LogP contribution >= 0.6 is 0 Å². The molecule has 0 saturated heterocycles. The minimum absolute atomic E-state index is 0.0637. The summed E-state index contributed by atoms with van der Waals surface area (Å²) in [7, 11) is 0. The molecule has 4 nitrogen and oxygen atoms in total. The van der Waals surface area contributed by atoms with Crippen molar-refractivity contribution in [1.82, 2.24) is 5.43 Å². The Bertz CT molecular complexity index is 860. The van der Waals surface area contributed by atoms with Gasteiger partial charge in [0.25, 0.3) is 0 Å². The summed E-state index contributed by atoms with van der Waals surface area (Å²) >= 11 is 0. The summed E-state index contributed by atoms with van der Waals surface area (Å²) in [6.45, 7) is 4.81. The predicted molar refractivity (Wildman–Crippen MR) is 104 cm³/mol. The first-order valence-electron chi connectivity index (χ1n) is 9.62. The summed E-state index contributed by atoms with van der Waals surface area (Å²) in [6, 6.07) is 12.1. The zero-order valence-electron chi connectivity index (χ0n) is 15.5. The van der Waals surface area contributed by atoms with Gasteiger partial charge in [0, 0.05) is 11.5 Å². The Morgan fingerprint density at radius 3 is 2.92 bits per heavy atom. The molecule has 2 aromatic rings. The van der Waals surface area contributed by atoms with E-state index in [1.807, 2.05) is 31.2 Å². The number of nitrogens with zero attached hydrogens (tertiary/aromatic N) is 1. The minimum Gasteiger partial charge on any atom is -0.493 e. The molecule has 0 heterocycles. The molecule has 4 rings (SSSR count). The average molecular weight is 350 g/mol. The van der Waals surface area contributed by atoms with E-state index < -0.39 is 0 Å². The highest BCUT2D eigenvalue weighted by molar-refractivity contribution is 6.02. The summed E-state index contributed by atoms with van der Waals surface area (Å²) in [5.41, 5.74) is 3.89. The monoisotopic (exact) mass is 350 g/mol. The quantitative estimate of drug-likeness (QED) is 0.637. The summed E-state index contributed by atoms with van der Waals surface area (Å²) in [4.78, 5) is 12.6. The van der Waals surface area contributed by atoms with Gasteiger partial charge in [0.15, 0.2) is 0 Å². The molecule has 0 unspecified atom stereocenters. The highest BCUT2D eigenvalue weighted by Crippen LogP contribution is 2.66. The van der Waals surface area contributed by atoms with E-state index in [1.165, 1.54) is 19.3 Å². The molecule has 1 N–H and O–H groups in total. The molecular weight excluding hydrogens is 324 g/mol. The van der Waals surface area contributed by atoms with Crippen molar-refractivity contribution in [2.75, 3.05) is 6.61 Å². The van der Waals surface area contributed by atoms with Crippen molar-refractivity contribution >= 4 is 22.9 Å². The van der Waals surface area contributed by atoms with E-state index in [1.54, 1.807) is 6.21 Å². The van der Waals surface area contributed by atoms with E-state index in [-0.39, 0.29) is 17.2 Å². The molecule has 0 spiro atoms. The lowest BCUT2D eigenvalue weighted by atomic mass is 9.90. The third-order valence-corrected chi connectivity index (χ3v) is 6.21. The Labute approximate surface area is 154 Å². The van der Waals surface area contributed by atoms with Crippen LogP contribution in [0.2, 0.25) is 0 Å².